The second-order valence-electron chi connectivity index (χ2n) is 5.63. The van der Waals surface area contributed by atoms with E-state index in [9.17, 15) is 0 Å². The van der Waals surface area contributed by atoms with Crippen molar-refractivity contribution in [1.82, 2.24) is 10.1 Å². The van der Waals surface area contributed by atoms with Crippen molar-refractivity contribution >= 4 is 0 Å². The van der Waals surface area contributed by atoms with Crippen LogP contribution in [0.4, 0.5) is 0 Å². The van der Waals surface area contributed by atoms with Crippen LogP contribution >= 0.6 is 0 Å². The molecular weight excluding hydrogens is 250 g/mol. The largest absolute Gasteiger partial charge is 0.339 e. The van der Waals surface area contributed by atoms with Crippen LogP contribution in [0, 0.1) is 0 Å². The molecule has 1 heterocycles. The Morgan fingerprint density at radius 1 is 1.35 bits per heavy atom. The normalized spacial score (nSPS) is 19.6. The van der Waals surface area contributed by atoms with Crippen LogP contribution in [0.25, 0.3) is 0 Å². The van der Waals surface area contributed by atoms with Crippen molar-refractivity contribution in [3.05, 3.63) is 47.1 Å². The molecule has 1 aromatic carbocycles. The number of nitrogens with zero attached hydrogens (tertiary/aromatic N) is 2. The second kappa shape index (κ2) is 5.75. The number of hydrogen-bond acceptors (Lipinski definition) is 4. The first-order valence-electron chi connectivity index (χ1n) is 7.41. The molecule has 2 aromatic rings. The van der Waals surface area contributed by atoms with Crippen molar-refractivity contribution in [3.8, 4) is 0 Å². The zero-order chi connectivity index (χ0) is 13.9. The molecule has 2 N–H and O–H groups in total. The molecule has 4 nitrogen and oxygen atoms in total. The van der Waals surface area contributed by atoms with Crippen LogP contribution in [-0.4, -0.2) is 16.2 Å². The van der Waals surface area contributed by atoms with Crippen molar-refractivity contribution in [2.24, 2.45) is 5.73 Å². The van der Waals surface area contributed by atoms with Gasteiger partial charge in [0.15, 0.2) is 5.82 Å². The lowest BCUT2D eigenvalue weighted by atomic mass is 9.83. The maximum atomic E-state index is 5.93. The first-order valence-corrected chi connectivity index (χ1v) is 7.41. The highest BCUT2D eigenvalue weighted by Crippen LogP contribution is 2.31. The fourth-order valence-electron chi connectivity index (χ4n) is 2.80. The van der Waals surface area contributed by atoms with Gasteiger partial charge in [-0.1, -0.05) is 36.3 Å². The van der Waals surface area contributed by atoms with Gasteiger partial charge in [-0.3, -0.25) is 0 Å². The van der Waals surface area contributed by atoms with Gasteiger partial charge in [0, 0.05) is 18.4 Å². The van der Waals surface area contributed by atoms with E-state index >= 15 is 0 Å². The average molecular weight is 271 g/mol. The molecule has 3 rings (SSSR count). The van der Waals surface area contributed by atoms with Crippen LogP contribution in [-0.2, 0) is 19.3 Å². The van der Waals surface area contributed by atoms with Gasteiger partial charge in [0.05, 0.1) is 0 Å². The Balaban J connectivity index is 1.72. The van der Waals surface area contributed by atoms with E-state index < -0.39 is 0 Å². The Hall–Kier alpha value is -1.68. The topological polar surface area (TPSA) is 64.9 Å². The van der Waals surface area contributed by atoms with Crippen LogP contribution in [0.2, 0.25) is 0 Å². The molecule has 2 unspecified atom stereocenters. The van der Waals surface area contributed by atoms with Gasteiger partial charge in [0.2, 0.25) is 5.89 Å². The second-order valence-corrected chi connectivity index (χ2v) is 5.63. The Morgan fingerprint density at radius 3 is 2.95 bits per heavy atom. The van der Waals surface area contributed by atoms with E-state index in [2.05, 4.69) is 41.3 Å². The molecule has 0 spiro atoms. The Labute approximate surface area is 119 Å². The third-order valence-electron chi connectivity index (χ3n) is 4.16. The molecule has 20 heavy (non-hydrogen) atoms. The van der Waals surface area contributed by atoms with Gasteiger partial charge in [0.1, 0.15) is 0 Å². The lowest BCUT2D eigenvalue weighted by molar-refractivity contribution is 0.358. The van der Waals surface area contributed by atoms with E-state index in [1.165, 1.54) is 11.1 Å². The van der Waals surface area contributed by atoms with Crippen molar-refractivity contribution in [2.75, 3.05) is 0 Å². The monoisotopic (exact) mass is 271 g/mol. The van der Waals surface area contributed by atoms with Gasteiger partial charge in [-0.2, -0.15) is 4.98 Å². The maximum absolute atomic E-state index is 5.93. The van der Waals surface area contributed by atoms with E-state index in [4.69, 9.17) is 10.3 Å². The number of nitrogens with two attached hydrogens (primary N) is 1. The van der Waals surface area contributed by atoms with E-state index in [1.807, 2.05) is 0 Å². The van der Waals surface area contributed by atoms with Crippen molar-refractivity contribution < 1.29 is 4.52 Å². The van der Waals surface area contributed by atoms with E-state index in [1.54, 1.807) is 0 Å². The van der Waals surface area contributed by atoms with Crippen LogP contribution < -0.4 is 5.73 Å². The molecule has 0 amide bonds. The molecular formula is C16H21N3O. The molecule has 0 saturated heterocycles. The third kappa shape index (κ3) is 2.75. The highest BCUT2D eigenvalue weighted by Gasteiger charge is 2.24. The summed E-state index contributed by atoms with van der Waals surface area (Å²) in [5, 5.41) is 4.16. The summed E-state index contributed by atoms with van der Waals surface area (Å²) >= 11 is 0. The van der Waals surface area contributed by atoms with Gasteiger partial charge >= 0.3 is 0 Å². The summed E-state index contributed by atoms with van der Waals surface area (Å²) in [6.07, 6.45) is 4.80. The summed E-state index contributed by atoms with van der Waals surface area (Å²) in [5.41, 5.74) is 8.80. The van der Waals surface area contributed by atoms with Crippen molar-refractivity contribution in [2.45, 2.75) is 51.0 Å². The minimum absolute atomic E-state index is 0.107. The molecule has 0 saturated carbocycles. The fraction of sp³-hybridized carbons (Fsp3) is 0.500. The summed E-state index contributed by atoms with van der Waals surface area (Å²) < 4.78 is 5.34. The number of fused-ring (bicyclic) bond motifs is 1. The minimum atomic E-state index is 0.107. The van der Waals surface area contributed by atoms with Crippen molar-refractivity contribution in [3.63, 3.8) is 0 Å². The van der Waals surface area contributed by atoms with Gasteiger partial charge in [-0.25, -0.2) is 0 Å². The zero-order valence-corrected chi connectivity index (χ0v) is 11.9. The molecule has 0 fully saturated rings. The number of aryl methyl sites for hydroxylation is 1. The van der Waals surface area contributed by atoms with Crippen LogP contribution in [0.3, 0.4) is 0 Å². The van der Waals surface area contributed by atoms with Crippen LogP contribution in [0.15, 0.2) is 28.8 Å². The molecule has 4 heteroatoms. The molecule has 0 radical (unpaired) electrons. The number of hydrogen-bond donors (Lipinski definition) is 1. The van der Waals surface area contributed by atoms with Gasteiger partial charge in [0.25, 0.3) is 0 Å². The molecule has 1 aliphatic rings. The highest BCUT2D eigenvalue weighted by atomic mass is 16.5. The van der Waals surface area contributed by atoms with E-state index in [0.717, 1.165) is 31.5 Å². The third-order valence-corrected chi connectivity index (χ3v) is 4.16. The summed E-state index contributed by atoms with van der Waals surface area (Å²) in [6, 6.07) is 8.74. The zero-order valence-electron chi connectivity index (χ0n) is 11.9. The van der Waals surface area contributed by atoms with Gasteiger partial charge < -0.3 is 10.3 Å². The molecule has 0 bridgehead atoms. The Morgan fingerprint density at radius 2 is 2.15 bits per heavy atom. The average Bonchev–Trinajstić information content (AvgIpc) is 2.95. The molecule has 0 aliphatic heterocycles. The summed E-state index contributed by atoms with van der Waals surface area (Å²) in [6.45, 7) is 2.07. The lowest BCUT2D eigenvalue weighted by Gasteiger charge is -2.21. The summed E-state index contributed by atoms with van der Waals surface area (Å²) in [7, 11) is 0. The van der Waals surface area contributed by atoms with Crippen LogP contribution in [0.1, 0.15) is 48.5 Å². The molecule has 106 valence electrons. The quantitative estimate of drug-likeness (QED) is 0.928. The number of rotatable bonds is 4. The molecule has 1 aromatic heterocycles. The predicted octanol–water partition coefficient (Wildman–Crippen LogP) is 2.62. The van der Waals surface area contributed by atoms with Gasteiger partial charge in [-0.05, 0) is 36.8 Å². The summed E-state index contributed by atoms with van der Waals surface area (Å²) in [4.78, 5) is 4.54. The first kappa shape index (κ1) is 13.3. The molecule has 2 atom stereocenters. The first-order chi connectivity index (χ1) is 9.76. The highest BCUT2D eigenvalue weighted by molar-refractivity contribution is 5.31. The summed E-state index contributed by atoms with van der Waals surface area (Å²) in [5.74, 6) is 1.89. The number of benzene rings is 1. The van der Waals surface area contributed by atoms with E-state index in [0.29, 0.717) is 18.2 Å². The van der Waals surface area contributed by atoms with Crippen molar-refractivity contribution in [1.29, 1.82) is 0 Å². The minimum Gasteiger partial charge on any atom is -0.339 e. The predicted molar refractivity (Wildman–Crippen MR) is 77.5 cm³/mol. The number of aromatic nitrogens is 2. The smallest absolute Gasteiger partial charge is 0.228 e. The van der Waals surface area contributed by atoms with E-state index in [-0.39, 0.29) is 6.04 Å². The van der Waals surface area contributed by atoms with Crippen LogP contribution in [0.5, 0.6) is 0 Å². The fourth-order valence-corrected chi connectivity index (χ4v) is 2.80. The van der Waals surface area contributed by atoms with Gasteiger partial charge in [-0.15, -0.1) is 0 Å². The standard InChI is InChI=1S/C16H21N3O/c1-2-14(17)10-15-18-16(19-20-15)13-8-7-11-5-3-4-6-12(11)9-13/h3-6,13-14H,2,7-10,17H2,1H3. The molecule has 1 aliphatic carbocycles. The lowest BCUT2D eigenvalue weighted by Crippen LogP contribution is -2.21. The Kier molecular flexibility index (Phi) is 3.83. The maximum Gasteiger partial charge on any atom is 0.228 e. The SMILES string of the molecule is CCC(N)Cc1nc(C2CCc3ccccc3C2)no1. The Bertz CT molecular complexity index is 579.